The molecule has 24 heavy (non-hydrogen) atoms. The van der Waals surface area contributed by atoms with Gasteiger partial charge in [0.25, 0.3) is 5.56 Å². The predicted molar refractivity (Wildman–Crippen MR) is 95.7 cm³/mol. The van der Waals surface area contributed by atoms with Crippen LogP contribution in [0.2, 0.25) is 0 Å². The second kappa shape index (κ2) is 7.74. The van der Waals surface area contributed by atoms with E-state index in [-0.39, 0.29) is 5.56 Å². The van der Waals surface area contributed by atoms with E-state index in [4.69, 9.17) is 4.74 Å². The minimum absolute atomic E-state index is 0.0247. The molecule has 0 saturated carbocycles. The molecule has 1 aliphatic carbocycles. The van der Waals surface area contributed by atoms with Gasteiger partial charge in [0, 0.05) is 18.5 Å². The Labute approximate surface area is 145 Å². The Hall–Kier alpha value is -1.28. The Morgan fingerprint density at radius 1 is 1.46 bits per heavy atom. The van der Waals surface area contributed by atoms with Crippen LogP contribution in [0.25, 0.3) is 10.2 Å². The summed E-state index contributed by atoms with van der Waals surface area (Å²) in [4.78, 5) is 24.4. The molecule has 7 heteroatoms. The molecule has 0 spiro atoms. The van der Waals surface area contributed by atoms with Gasteiger partial charge in [0.1, 0.15) is 10.7 Å². The maximum absolute atomic E-state index is 12.5. The molecule has 1 aliphatic rings. The van der Waals surface area contributed by atoms with E-state index in [0.717, 1.165) is 42.4 Å². The fourth-order valence-electron chi connectivity index (χ4n) is 3.43. The topological polar surface area (TPSA) is 78.5 Å². The van der Waals surface area contributed by atoms with E-state index < -0.39 is 6.10 Å². The lowest BCUT2D eigenvalue weighted by Crippen LogP contribution is -2.35. The number of aliphatic hydroxyl groups is 1. The van der Waals surface area contributed by atoms with Crippen molar-refractivity contribution in [3.8, 4) is 0 Å². The van der Waals surface area contributed by atoms with Crippen molar-refractivity contribution in [1.29, 1.82) is 0 Å². The fraction of sp³-hybridized carbons (Fsp3) is 0.647. The molecule has 2 aromatic rings. The first-order valence-corrected chi connectivity index (χ1v) is 9.36. The van der Waals surface area contributed by atoms with Crippen molar-refractivity contribution in [3.05, 3.63) is 26.6 Å². The number of aromatic nitrogens is 2. The Kier molecular flexibility index (Phi) is 5.65. The summed E-state index contributed by atoms with van der Waals surface area (Å²) in [6.07, 6.45) is 3.63. The van der Waals surface area contributed by atoms with Gasteiger partial charge in [0.15, 0.2) is 0 Å². The van der Waals surface area contributed by atoms with Gasteiger partial charge in [-0.1, -0.05) is 6.92 Å². The Morgan fingerprint density at radius 2 is 2.29 bits per heavy atom. The molecule has 2 N–H and O–H groups in total. The van der Waals surface area contributed by atoms with E-state index in [9.17, 15) is 9.90 Å². The Bertz CT molecular complexity index is 755. The lowest BCUT2D eigenvalue weighted by Gasteiger charge is -2.23. The zero-order valence-electron chi connectivity index (χ0n) is 14.3. The summed E-state index contributed by atoms with van der Waals surface area (Å²) in [5.41, 5.74) is 1.18. The SMILES string of the molecule is CCCN(Cc1nc2sc3c(c2c(=O)[nH]1)CCC3)CC(O)COC. The largest absolute Gasteiger partial charge is 0.389 e. The number of hydrogen-bond donors (Lipinski definition) is 2. The monoisotopic (exact) mass is 351 g/mol. The molecule has 6 nitrogen and oxygen atoms in total. The molecule has 0 amide bonds. The van der Waals surface area contributed by atoms with Crippen LogP contribution in [0.15, 0.2) is 4.79 Å². The number of nitrogens with zero attached hydrogens (tertiary/aromatic N) is 2. The number of rotatable bonds is 8. The molecule has 0 aliphatic heterocycles. The quantitative estimate of drug-likeness (QED) is 0.757. The van der Waals surface area contributed by atoms with Crippen LogP contribution in [0.1, 0.15) is 36.0 Å². The predicted octanol–water partition coefficient (Wildman–Crippen LogP) is 1.69. The number of ether oxygens (including phenoxy) is 1. The van der Waals surface area contributed by atoms with E-state index in [0.29, 0.717) is 25.5 Å². The highest BCUT2D eigenvalue weighted by Gasteiger charge is 2.21. The molecule has 0 aromatic carbocycles. The van der Waals surface area contributed by atoms with E-state index >= 15 is 0 Å². The lowest BCUT2D eigenvalue weighted by molar-refractivity contribution is 0.0353. The van der Waals surface area contributed by atoms with Crippen molar-refractivity contribution in [2.45, 2.75) is 45.3 Å². The summed E-state index contributed by atoms with van der Waals surface area (Å²) < 4.78 is 5.00. The van der Waals surface area contributed by atoms with E-state index in [2.05, 4.69) is 21.8 Å². The van der Waals surface area contributed by atoms with Gasteiger partial charge in [0.2, 0.25) is 0 Å². The first-order valence-electron chi connectivity index (χ1n) is 8.55. The van der Waals surface area contributed by atoms with E-state index in [1.54, 1.807) is 18.4 Å². The third-order valence-electron chi connectivity index (χ3n) is 4.37. The molecule has 0 radical (unpaired) electrons. The van der Waals surface area contributed by atoms with E-state index in [1.165, 1.54) is 10.4 Å². The summed E-state index contributed by atoms with van der Waals surface area (Å²) in [7, 11) is 1.58. The van der Waals surface area contributed by atoms with Crippen LogP contribution in [0.3, 0.4) is 0 Å². The van der Waals surface area contributed by atoms with Gasteiger partial charge in [0.05, 0.1) is 24.6 Å². The van der Waals surface area contributed by atoms with Crippen molar-refractivity contribution in [2.75, 3.05) is 26.8 Å². The summed E-state index contributed by atoms with van der Waals surface area (Å²) in [6, 6.07) is 0. The number of fused-ring (bicyclic) bond motifs is 3. The summed E-state index contributed by atoms with van der Waals surface area (Å²) in [5.74, 6) is 0.672. The highest BCUT2D eigenvalue weighted by molar-refractivity contribution is 7.18. The van der Waals surface area contributed by atoms with Crippen LogP contribution in [0, 0.1) is 0 Å². The third-order valence-corrected chi connectivity index (χ3v) is 5.55. The van der Waals surface area contributed by atoms with Gasteiger partial charge in [-0.2, -0.15) is 0 Å². The fourth-order valence-corrected chi connectivity index (χ4v) is 4.71. The molecule has 0 saturated heterocycles. The lowest BCUT2D eigenvalue weighted by atomic mass is 10.2. The van der Waals surface area contributed by atoms with Crippen LogP contribution in [-0.2, 0) is 24.1 Å². The third kappa shape index (κ3) is 3.69. The molecule has 1 atom stereocenters. The van der Waals surface area contributed by atoms with Gasteiger partial charge in [-0.05, 0) is 37.8 Å². The number of hydrogen-bond acceptors (Lipinski definition) is 6. The average Bonchev–Trinajstić information content (AvgIpc) is 3.07. The van der Waals surface area contributed by atoms with Crippen LogP contribution in [0.4, 0.5) is 0 Å². The van der Waals surface area contributed by atoms with Crippen molar-refractivity contribution >= 4 is 21.6 Å². The van der Waals surface area contributed by atoms with E-state index in [1.807, 2.05) is 0 Å². The molecule has 3 rings (SSSR count). The second-order valence-corrected chi connectivity index (χ2v) is 7.48. The second-order valence-electron chi connectivity index (χ2n) is 6.39. The van der Waals surface area contributed by atoms with Crippen LogP contribution >= 0.6 is 11.3 Å². The molecule has 2 aromatic heterocycles. The number of H-pyrrole nitrogens is 1. The van der Waals surface area contributed by atoms with Gasteiger partial charge < -0.3 is 14.8 Å². The molecule has 0 bridgehead atoms. The van der Waals surface area contributed by atoms with Crippen LogP contribution < -0.4 is 5.56 Å². The van der Waals surface area contributed by atoms with Crippen molar-refractivity contribution in [2.24, 2.45) is 0 Å². The van der Waals surface area contributed by atoms with Crippen molar-refractivity contribution in [3.63, 3.8) is 0 Å². The highest BCUT2D eigenvalue weighted by atomic mass is 32.1. The zero-order valence-corrected chi connectivity index (χ0v) is 15.1. The molecule has 0 fully saturated rings. The minimum Gasteiger partial charge on any atom is -0.389 e. The number of nitrogens with one attached hydrogen (secondary N) is 1. The zero-order chi connectivity index (χ0) is 17.1. The number of methoxy groups -OCH3 is 1. The Balaban J connectivity index is 1.81. The molecule has 132 valence electrons. The number of aryl methyl sites for hydroxylation is 2. The minimum atomic E-state index is -0.539. The standard InChI is InChI=1S/C17H25N3O3S/c1-3-7-20(8-11(21)10-23-2)9-14-18-16(22)15-12-5-4-6-13(12)24-17(15)19-14/h11,21H,3-10H2,1-2H3,(H,18,19,22). The summed E-state index contributed by atoms with van der Waals surface area (Å²) >= 11 is 1.66. The normalized spacial score (nSPS) is 15.3. The first-order chi connectivity index (χ1) is 11.6. The van der Waals surface area contributed by atoms with Crippen LogP contribution in [-0.4, -0.2) is 52.9 Å². The number of aliphatic hydroxyl groups excluding tert-OH is 1. The summed E-state index contributed by atoms with van der Waals surface area (Å²) in [6.45, 7) is 4.27. The van der Waals surface area contributed by atoms with Crippen molar-refractivity contribution < 1.29 is 9.84 Å². The highest BCUT2D eigenvalue weighted by Crippen LogP contribution is 2.34. The maximum Gasteiger partial charge on any atom is 0.259 e. The van der Waals surface area contributed by atoms with Gasteiger partial charge in [-0.25, -0.2) is 4.98 Å². The molecular weight excluding hydrogens is 326 g/mol. The molecule has 2 heterocycles. The summed E-state index contributed by atoms with van der Waals surface area (Å²) in [5, 5.41) is 10.8. The number of aromatic amines is 1. The maximum atomic E-state index is 12.5. The molecule has 1 unspecified atom stereocenters. The van der Waals surface area contributed by atoms with Gasteiger partial charge >= 0.3 is 0 Å². The van der Waals surface area contributed by atoms with Crippen molar-refractivity contribution in [1.82, 2.24) is 14.9 Å². The molecular formula is C17H25N3O3S. The Morgan fingerprint density at radius 3 is 3.04 bits per heavy atom. The number of thiophene rings is 1. The van der Waals surface area contributed by atoms with Crippen LogP contribution in [0.5, 0.6) is 0 Å². The van der Waals surface area contributed by atoms with Gasteiger partial charge in [-0.3, -0.25) is 9.69 Å². The average molecular weight is 351 g/mol. The first kappa shape index (κ1) is 17.5. The smallest absolute Gasteiger partial charge is 0.259 e. The van der Waals surface area contributed by atoms with Gasteiger partial charge in [-0.15, -0.1) is 11.3 Å².